The third-order valence-electron chi connectivity index (χ3n) is 4.33. The molecule has 0 aromatic carbocycles. The molecular formula is C14H30N2. The Morgan fingerprint density at radius 3 is 2.25 bits per heavy atom. The topological polar surface area (TPSA) is 15.3 Å². The molecule has 0 bridgehead atoms. The summed E-state index contributed by atoms with van der Waals surface area (Å²) in [7, 11) is 0. The number of hydrogen-bond donors (Lipinski definition) is 1. The van der Waals surface area contributed by atoms with Gasteiger partial charge in [-0.3, -0.25) is 4.90 Å². The van der Waals surface area contributed by atoms with Crippen molar-refractivity contribution in [2.24, 2.45) is 5.92 Å². The van der Waals surface area contributed by atoms with E-state index in [1.807, 2.05) is 0 Å². The van der Waals surface area contributed by atoms with E-state index in [-0.39, 0.29) is 0 Å². The second-order valence-electron chi connectivity index (χ2n) is 6.39. The molecule has 0 radical (unpaired) electrons. The average Bonchev–Trinajstić information content (AvgIpc) is 2.23. The van der Waals surface area contributed by atoms with Crippen LogP contribution in [0.15, 0.2) is 0 Å². The summed E-state index contributed by atoms with van der Waals surface area (Å²) in [6.07, 6.45) is 2.44. The van der Waals surface area contributed by atoms with Crippen LogP contribution in [-0.2, 0) is 0 Å². The number of nitrogens with one attached hydrogen (secondary N) is 1. The van der Waals surface area contributed by atoms with Crippen LogP contribution in [0, 0.1) is 5.92 Å². The second-order valence-corrected chi connectivity index (χ2v) is 6.39. The predicted molar refractivity (Wildman–Crippen MR) is 71.8 cm³/mol. The van der Waals surface area contributed by atoms with Crippen LogP contribution >= 0.6 is 0 Å². The number of rotatable bonds is 4. The van der Waals surface area contributed by atoms with Crippen LogP contribution in [0.2, 0.25) is 0 Å². The van der Waals surface area contributed by atoms with Crippen molar-refractivity contribution in [3.63, 3.8) is 0 Å². The van der Waals surface area contributed by atoms with Gasteiger partial charge in [0.1, 0.15) is 0 Å². The van der Waals surface area contributed by atoms with Crippen molar-refractivity contribution in [3.05, 3.63) is 0 Å². The van der Waals surface area contributed by atoms with Crippen LogP contribution in [0.5, 0.6) is 0 Å². The van der Waals surface area contributed by atoms with E-state index in [1.165, 1.54) is 25.9 Å². The zero-order valence-corrected chi connectivity index (χ0v) is 12.1. The Morgan fingerprint density at radius 2 is 1.81 bits per heavy atom. The van der Waals surface area contributed by atoms with E-state index in [4.69, 9.17) is 0 Å². The lowest BCUT2D eigenvalue weighted by Gasteiger charge is -2.52. The fourth-order valence-corrected chi connectivity index (χ4v) is 2.49. The summed E-state index contributed by atoms with van der Waals surface area (Å²) in [6, 6.07) is 0. The maximum Gasteiger partial charge on any atom is 0.0304 e. The number of piperazine rings is 1. The molecule has 1 rings (SSSR count). The first kappa shape index (κ1) is 14.0. The Morgan fingerprint density at radius 1 is 1.19 bits per heavy atom. The van der Waals surface area contributed by atoms with Crippen LogP contribution in [0.25, 0.3) is 0 Å². The average molecular weight is 226 g/mol. The lowest BCUT2D eigenvalue weighted by molar-refractivity contribution is 0.00880. The summed E-state index contributed by atoms with van der Waals surface area (Å²) >= 11 is 0. The van der Waals surface area contributed by atoms with Crippen LogP contribution < -0.4 is 5.32 Å². The lowest BCUT2D eigenvalue weighted by Crippen LogP contribution is -2.68. The summed E-state index contributed by atoms with van der Waals surface area (Å²) in [5, 5.41) is 3.75. The highest BCUT2D eigenvalue weighted by atomic mass is 15.3. The van der Waals surface area contributed by atoms with Gasteiger partial charge in [0.25, 0.3) is 0 Å². The molecule has 1 N–H and O–H groups in total. The van der Waals surface area contributed by atoms with Crippen LogP contribution in [0.1, 0.15) is 54.4 Å². The summed E-state index contributed by atoms with van der Waals surface area (Å²) in [5.74, 6) is 0.755. The highest BCUT2D eigenvalue weighted by Crippen LogP contribution is 2.28. The normalized spacial score (nSPS) is 36.9. The zero-order valence-electron chi connectivity index (χ0n) is 12.1. The van der Waals surface area contributed by atoms with Gasteiger partial charge in [-0.1, -0.05) is 27.7 Å². The Balaban J connectivity index is 2.77. The molecule has 2 nitrogen and oxygen atoms in total. The fourth-order valence-electron chi connectivity index (χ4n) is 2.49. The minimum absolute atomic E-state index is 0.309. The van der Waals surface area contributed by atoms with Gasteiger partial charge < -0.3 is 5.32 Å². The molecule has 1 aliphatic heterocycles. The first-order valence-corrected chi connectivity index (χ1v) is 6.85. The Bertz CT molecular complexity index is 227. The van der Waals surface area contributed by atoms with Gasteiger partial charge in [-0.2, -0.15) is 0 Å². The number of nitrogens with zero attached hydrogens (tertiary/aromatic N) is 1. The summed E-state index contributed by atoms with van der Waals surface area (Å²) < 4.78 is 0. The Hall–Kier alpha value is -0.0800. The van der Waals surface area contributed by atoms with Gasteiger partial charge in [-0.25, -0.2) is 0 Å². The fraction of sp³-hybridized carbons (Fsp3) is 1.00. The van der Waals surface area contributed by atoms with Crippen molar-refractivity contribution >= 4 is 0 Å². The van der Waals surface area contributed by atoms with E-state index in [2.05, 4.69) is 51.8 Å². The van der Waals surface area contributed by atoms with E-state index in [0.717, 1.165) is 12.5 Å². The van der Waals surface area contributed by atoms with E-state index in [0.29, 0.717) is 11.1 Å². The first-order chi connectivity index (χ1) is 7.35. The molecular weight excluding hydrogens is 196 g/mol. The Kier molecular flexibility index (Phi) is 4.42. The molecule has 0 aromatic rings. The molecule has 0 amide bonds. The molecule has 1 heterocycles. The smallest absolute Gasteiger partial charge is 0.0304 e. The van der Waals surface area contributed by atoms with E-state index in [9.17, 15) is 0 Å². The van der Waals surface area contributed by atoms with Crippen molar-refractivity contribution in [3.8, 4) is 0 Å². The maximum atomic E-state index is 3.75. The van der Waals surface area contributed by atoms with Crippen molar-refractivity contribution in [1.82, 2.24) is 10.2 Å². The lowest BCUT2D eigenvalue weighted by atomic mass is 9.85. The van der Waals surface area contributed by atoms with Crippen molar-refractivity contribution in [1.29, 1.82) is 0 Å². The molecule has 1 fully saturated rings. The van der Waals surface area contributed by atoms with Gasteiger partial charge >= 0.3 is 0 Å². The number of hydrogen-bond acceptors (Lipinski definition) is 2. The predicted octanol–water partition coefficient (Wildman–Crippen LogP) is 2.89. The molecule has 2 atom stereocenters. The van der Waals surface area contributed by atoms with Crippen molar-refractivity contribution in [2.75, 3.05) is 19.6 Å². The maximum absolute atomic E-state index is 3.75. The van der Waals surface area contributed by atoms with E-state index < -0.39 is 0 Å². The van der Waals surface area contributed by atoms with Crippen LogP contribution in [0.4, 0.5) is 0 Å². The van der Waals surface area contributed by atoms with Crippen LogP contribution in [0.3, 0.4) is 0 Å². The van der Waals surface area contributed by atoms with Gasteiger partial charge in [-0.05, 0) is 32.6 Å². The largest absolute Gasteiger partial charge is 0.308 e. The van der Waals surface area contributed by atoms with E-state index in [1.54, 1.807) is 0 Å². The van der Waals surface area contributed by atoms with E-state index >= 15 is 0 Å². The molecule has 0 aromatic heterocycles. The van der Waals surface area contributed by atoms with Gasteiger partial charge in [0.05, 0.1) is 0 Å². The highest BCUT2D eigenvalue weighted by Gasteiger charge is 2.40. The molecule has 96 valence electrons. The molecule has 0 saturated carbocycles. The third-order valence-corrected chi connectivity index (χ3v) is 4.33. The molecule has 1 saturated heterocycles. The molecule has 16 heavy (non-hydrogen) atoms. The molecule has 1 aliphatic rings. The summed E-state index contributed by atoms with van der Waals surface area (Å²) in [6.45, 7) is 17.5. The van der Waals surface area contributed by atoms with Crippen LogP contribution in [-0.4, -0.2) is 35.6 Å². The van der Waals surface area contributed by atoms with Gasteiger partial charge in [0.2, 0.25) is 0 Å². The monoisotopic (exact) mass is 226 g/mol. The van der Waals surface area contributed by atoms with Gasteiger partial charge in [0, 0.05) is 30.7 Å². The van der Waals surface area contributed by atoms with Crippen molar-refractivity contribution < 1.29 is 0 Å². The zero-order chi connectivity index (χ0) is 12.4. The first-order valence-electron chi connectivity index (χ1n) is 6.85. The summed E-state index contributed by atoms with van der Waals surface area (Å²) in [5.41, 5.74) is 0.655. The molecule has 0 aliphatic carbocycles. The van der Waals surface area contributed by atoms with Crippen molar-refractivity contribution in [2.45, 2.75) is 65.5 Å². The molecule has 2 heteroatoms. The van der Waals surface area contributed by atoms with Gasteiger partial charge in [0.15, 0.2) is 0 Å². The highest BCUT2D eigenvalue weighted by molar-refractivity contribution is 5.00. The third kappa shape index (κ3) is 2.98. The standard InChI is InChI=1S/C14H30N2/c1-7-13(5)11-16(9-12(3)4)14(6,8-2)10-15-13/h12,15H,7-11H2,1-6H3. The summed E-state index contributed by atoms with van der Waals surface area (Å²) in [4.78, 5) is 2.71. The minimum Gasteiger partial charge on any atom is -0.308 e. The quantitative estimate of drug-likeness (QED) is 0.793. The molecule has 0 spiro atoms. The molecule has 2 unspecified atom stereocenters. The Labute approximate surface area is 102 Å². The van der Waals surface area contributed by atoms with Gasteiger partial charge in [-0.15, -0.1) is 0 Å². The second kappa shape index (κ2) is 5.05. The SMILES string of the molecule is CCC1(C)CN(CC(C)C)C(C)(CC)CN1. The minimum atomic E-state index is 0.309.